The quantitative estimate of drug-likeness (QED) is 0.948. The van der Waals surface area contributed by atoms with Gasteiger partial charge in [-0.15, -0.1) is 0 Å². The van der Waals surface area contributed by atoms with Gasteiger partial charge >= 0.3 is 5.97 Å². The highest BCUT2D eigenvalue weighted by Crippen LogP contribution is 2.30. The van der Waals surface area contributed by atoms with Gasteiger partial charge < -0.3 is 10.0 Å². The third kappa shape index (κ3) is 2.97. The van der Waals surface area contributed by atoms with Gasteiger partial charge in [0.15, 0.2) is 0 Å². The van der Waals surface area contributed by atoms with Crippen LogP contribution >= 0.6 is 0 Å². The number of benzene rings is 2. The van der Waals surface area contributed by atoms with Crippen LogP contribution in [0.4, 0.5) is 0 Å². The Morgan fingerprint density at radius 2 is 1.74 bits per heavy atom. The molecular formula is C19H19NO3. The van der Waals surface area contributed by atoms with Gasteiger partial charge in [0.1, 0.15) is 0 Å². The molecule has 4 nitrogen and oxygen atoms in total. The van der Waals surface area contributed by atoms with Crippen molar-refractivity contribution < 1.29 is 14.7 Å². The van der Waals surface area contributed by atoms with Gasteiger partial charge in [-0.05, 0) is 23.6 Å². The largest absolute Gasteiger partial charge is 0.481 e. The number of carbonyl (C=O) groups is 2. The smallest absolute Gasteiger partial charge is 0.312 e. The fraction of sp³-hybridized carbons (Fsp3) is 0.263. The van der Waals surface area contributed by atoms with Crippen molar-refractivity contribution >= 4 is 11.9 Å². The summed E-state index contributed by atoms with van der Waals surface area (Å²) in [7, 11) is 0. The van der Waals surface area contributed by atoms with E-state index in [1.165, 1.54) is 0 Å². The van der Waals surface area contributed by atoms with E-state index in [-0.39, 0.29) is 18.4 Å². The molecule has 1 aliphatic heterocycles. The molecule has 0 radical (unpaired) electrons. The van der Waals surface area contributed by atoms with Crippen LogP contribution in [0.2, 0.25) is 0 Å². The summed E-state index contributed by atoms with van der Waals surface area (Å²) in [6.45, 7) is 2.56. The van der Waals surface area contributed by atoms with E-state index in [9.17, 15) is 14.7 Å². The van der Waals surface area contributed by atoms with Crippen LogP contribution in [0, 0.1) is 0 Å². The maximum absolute atomic E-state index is 12.8. The Morgan fingerprint density at radius 1 is 1.09 bits per heavy atom. The second-order valence-electron chi connectivity index (χ2n) is 5.94. The number of carboxylic acid groups (broad SMARTS) is 1. The lowest BCUT2D eigenvalue weighted by Crippen LogP contribution is -2.42. The van der Waals surface area contributed by atoms with E-state index in [4.69, 9.17) is 0 Å². The second-order valence-corrected chi connectivity index (χ2v) is 5.94. The van der Waals surface area contributed by atoms with Gasteiger partial charge in [0.2, 0.25) is 5.91 Å². The molecule has 23 heavy (non-hydrogen) atoms. The van der Waals surface area contributed by atoms with E-state index in [0.717, 1.165) is 16.7 Å². The van der Waals surface area contributed by atoms with Crippen LogP contribution in [-0.4, -0.2) is 28.4 Å². The lowest BCUT2D eigenvalue weighted by molar-refractivity contribution is -0.141. The number of hydrogen-bond donors (Lipinski definition) is 1. The summed E-state index contributed by atoms with van der Waals surface area (Å²) in [6, 6.07) is 17.1. The summed E-state index contributed by atoms with van der Waals surface area (Å²) < 4.78 is 0. The molecule has 3 rings (SSSR count). The zero-order chi connectivity index (χ0) is 16.4. The molecule has 0 spiro atoms. The molecule has 1 N–H and O–H groups in total. The summed E-state index contributed by atoms with van der Waals surface area (Å²) >= 11 is 0. The molecule has 2 aromatic rings. The highest BCUT2D eigenvalue weighted by molar-refractivity contribution is 5.85. The number of aliphatic carboxylic acids is 1. The zero-order valence-corrected chi connectivity index (χ0v) is 13.0. The van der Waals surface area contributed by atoms with E-state index in [0.29, 0.717) is 6.54 Å². The zero-order valence-electron chi connectivity index (χ0n) is 13.0. The van der Waals surface area contributed by atoms with Gasteiger partial charge in [-0.25, -0.2) is 0 Å². The standard InChI is InChI=1S/C19H19NO3/c1-13(14-7-3-2-4-8-14)18(21)20-11-15-9-5-6-10-16(15)17(12-20)19(22)23/h2-10,13,17H,11-12H2,1H3,(H,22,23)/t13-,17?/m1/s1. The molecule has 4 heteroatoms. The van der Waals surface area contributed by atoms with Gasteiger partial charge in [0.25, 0.3) is 0 Å². The van der Waals surface area contributed by atoms with Crippen molar-refractivity contribution in [3.05, 3.63) is 71.3 Å². The minimum absolute atomic E-state index is 0.0306. The highest BCUT2D eigenvalue weighted by atomic mass is 16.4. The van der Waals surface area contributed by atoms with Crippen LogP contribution in [-0.2, 0) is 16.1 Å². The van der Waals surface area contributed by atoms with Crippen molar-refractivity contribution in [1.82, 2.24) is 4.90 Å². The van der Waals surface area contributed by atoms with Crippen molar-refractivity contribution in [3.8, 4) is 0 Å². The molecule has 1 aliphatic rings. The normalized spacial score (nSPS) is 18.1. The van der Waals surface area contributed by atoms with E-state index in [2.05, 4.69) is 0 Å². The number of amides is 1. The topological polar surface area (TPSA) is 57.6 Å². The van der Waals surface area contributed by atoms with Crippen LogP contribution in [0.5, 0.6) is 0 Å². The van der Waals surface area contributed by atoms with Gasteiger partial charge in [0.05, 0.1) is 11.8 Å². The fourth-order valence-electron chi connectivity index (χ4n) is 3.14. The Balaban J connectivity index is 1.87. The molecule has 0 aliphatic carbocycles. The van der Waals surface area contributed by atoms with Crippen LogP contribution in [0.15, 0.2) is 54.6 Å². The molecule has 0 fully saturated rings. The molecule has 2 atom stereocenters. The number of hydrogen-bond acceptors (Lipinski definition) is 2. The third-order valence-corrected chi connectivity index (χ3v) is 4.47. The number of carbonyl (C=O) groups excluding carboxylic acids is 1. The molecule has 1 unspecified atom stereocenters. The molecule has 118 valence electrons. The first-order chi connectivity index (χ1) is 11.1. The van der Waals surface area contributed by atoms with E-state index in [1.54, 1.807) is 4.90 Å². The number of fused-ring (bicyclic) bond motifs is 1. The lowest BCUT2D eigenvalue weighted by Gasteiger charge is -2.34. The van der Waals surface area contributed by atoms with Crippen molar-refractivity contribution in [2.45, 2.75) is 25.3 Å². The number of nitrogens with zero attached hydrogens (tertiary/aromatic N) is 1. The maximum Gasteiger partial charge on any atom is 0.312 e. The predicted molar refractivity (Wildman–Crippen MR) is 87.1 cm³/mol. The Labute approximate surface area is 135 Å². The van der Waals surface area contributed by atoms with Gasteiger partial charge in [0, 0.05) is 13.1 Å². The molecule has 0 saturated heterocycles. The summed E-state index contributed by atoms with van der Waals surface area (Å²) in [6.07, 6.45) is 0. The number of rotatable bonds is 3. The first-order valence-corrected chi connectivity index (χ1v) is 7.72. The van der Waals surface area contributed by atoms with Crippen LogP contribution in [0.1, 0.15) is 35.4 Å². The third-order valence-electron chi connectivity index (χ3n) is 4.47. The molecule has 0 saturated carbocycles. The molecule has 2 aromatic carbocycles. The SMILES string of the molecule is C[C@@H](C(=O)N1Cc2ccccc2C(C(=O)O)C1)c1ccccc1. The van der Waals surface area contributed by atoms with Gasteiger partial charge in [-0.3, -0.25) is 9.59 Å². The number of carboxylic acids is 1. The minimum atomic E-state index is -0.887. The Hall–Kier alpha value is -2.62. The molecule has 0 bridgehead atoms. The first kappa shape index (κ1) is 15.3. The lowest BCUT2D eigenvalue weighted by atomic mass is 9.88. The summed E-state index contributed by atoms with van der Waals surface area (Å²) in [5.74, 6) is -1.86. The maximum atomic E-state index is 12.8. The predicted octanol–water partition coefficient (Wildman–Crippen LogP) is 3.00. The van der Waals surface area contributed by atoms with E-state index < -0.39 is 11.9 Å². The molecule has 1 heterocycles. The van der Waals surface area contributed by atoms with Crippen molar-refractivity contribution in [1.29, 1.82) is 0 Å². The van der Waals surface area contributed by atoms with Gasteiger partial charge in [-0.1, -0.05) is 54.6 Å². The summed E-state index contributed by atoms with van der Waals surface area (Å²) in [5, 5.41) is 9.50. The summed E-state index contributed by atoms with van der Waals surface area (Å²) in [5.41, 5.74) is 2.68. The first-order valence-electron chi connectivity index (χ1n) is 7.72. The van der Waals surface area contributed by atoms with Crippen LogP contribution in [0.25, 0.3) is 0 Å². The average Bonchev–Trinajstić information content (AvgIpc) is 2.60. The van der Waals surface area contributed by atoms with E-state index >= 15 is 0 Å². The minimum Gasteiger partial charge on any atom is -0.481 e. The Bertz CT molecular complexity index is 726. The van der Waals surface area contributed by atoms with Crippen molar-refractivity contribution in [2.24, 2.45) is 0 Å². The monoisotopic (exact) mass is 309 g/mol. The highest BCUT2D eigenvalue weighted by Gasteiger charge is 2.34. The van der Waals surface area contributed by atoms with Crippen molar-refractivity contribution in [3.63, 3.8) is 0 Å². The van der Waals surface area contributed by atoms with Crippen LogP contribution < -0.4 is 0 Å². The summed E-state index contributed by atoms with van der Waals surface area (Å²) in [4.78, 5) is 26.1. The Morgan fingerprint density at radius 3 is 2.43 bits per heavy atom. The van der Waals surface area contributed by atoms with E-state index in [1.807, 2.05) is 61.5 Å². The van der Waals surface area contributed by atoms with Crippen molar-refractivity contribution in [2.75, 3.05) is 6.54 Å². The average molecular weight is 309 g/mol. The second kappa shape index (κ2) is 6.24. The van der Waals surface area contributed by atoms with Gasteiger partial charge in [-0.2, -0.15) is 0 Å². The fourth-order valence-corrected chi connectivity index (χ4v) is 3.14. The molecular weight excluding hydrogens is 290 g/mol. The Kier molecular flexibility index (Phi) is 4.15. The molecule has 1 amide bonds. The molecule has 0 aromatic heterocycles. The van der Waals surface area contributed by atoms with Crippen LogP contribution in [0.3, 0.4) is 0 Å².